The first kappa shape index (κ1) is 22.2. The number of rotatable bonds is 7. The number of Topliss-reactive ketones (excluding diaryl/α,β-unsaturated/α-hetero) is 1. The lowest BCUT2D eigenvalue weighted by Crippen LogP contribution is -2.52. The molecule has 168 valence electrons. The fourth-order valence-electron chi connectivity index (χ4n) is 4.56. The van der Waals surface area contributed by atoms with E-state index in [0.717, 1.165) is 42.5 Å². The van der Waals surface area contributed by atoms with Crippen molar-refractivity contribution in [2.75, 3.05) is 19.7 Å². The number of pyridine rings is 1. The summed E-state index contributed by atoms with van der Waals surface area (Å²) >= 11 is 0. The minimum Gasteiger partial charge on any atom is -0.480 e. The number of carboxylic acid groups (broad SMARTS) is 1. The summed E-state index contributed by atoms with van der Waals surface area (Å²) in [4.78, 5) is 29.9. The Morgan fingerprint density at radius 1 is 1.09 bits per heavy atom. The van der Waals surface area contributed by atoms with Crippen molar-refractivity contribution in [2.24, 2.45) is 0 Å². The van der Waals surface area contributed by atoms with Crippen molar-refractivity contribution in [1.82, 2.24) is 14.5 Å². The normalized spacial score (nSPS) is 15.8. The lowest BCUT2D eigenvalue weighted by molar-refractivity contribution is -0.150. The van der Waals surface area contributed by atoms with Gasteiger partial charge in [-0.2, -0.15) is 0 Å². The first-order valence-corrected chi connectivity index (χ1v) is 11.0. The zero-order valence-corrected chi connectivity index (χ0v) is 18.5. The van der Waals surface area contributed by atoms with E-state index in [0.29, 0.717) is 18.0 Å². The van der Waals surface area contributed by atoms with E-state index >= 15 is 0 Å². The van der Waals surface area contributed by atoms with Gasteiger partial charge >= 0.3 is 5.97 Å². The van der Waals surface area contributed by atoms with Crippen LogP contribution < -0.4 is 0 Å². The molecule has 7 heteroatoms. The second-order valence-corrected chi connectivity index (χ2v) is 8.98. The SMILES string of the molecule is CC(C)(C(=O)O)N1CCC(c2ccnc3c2ccn3Cc2ccc(C(=O)CO)cc2)CC1. The number of aliphatic hydroxyl groups excluding tert-OH is 1. The number of hydrogen-bond donors (Lipinski definition) is 2. The van der Waals surface area contributed by atoms with Gasteiger partial charge in [-0.05, 0) is 69.0 Å². The van der Waals surface area contributed by atoms with Crippen LogP contribution in [-0.2, 0) is 11.3 Å². The van der Waals surface area contributed by atoms with E-state index in [9.17, 15) is 14.7 Å². The number of carbonyl (C=O) groups excluding carboxylic acids is 1. The monoisotopic (exact) mass is 435 g/mol. The Labute approximate surface area is 187 Å². The number of aliphatic hydroxyl groups is 1. The number of piperidine rings is 1. The van der Waals surface area contributed by atoms with Crippen molar-refractivity contribution in [3.8, 4) is 0 Å². The number of aliphatic carboxylic acids is 1. The van der Waals surface area contributed by atoms with Gasteiger partial charge in [0.15, 0.2) is 5.78 Å². The van der Waals surface area contributed by atoms with E-state index < -0.39 is 18.1 Å². The average Bonchev–Trinajstić information content (AvgIpc) is 3.22. The summed E-state index contributed by atoms with van der Waals surface area (Å²) in [5, 5.41) is 19.7. The molecule has 0 atom stereocenters. The molecule has 32 heavy (non-hydrogen) atoms. The molecule has 3 aromatic rings. The van der Waals surface area contributed by atoms with Crippen molar-refractivity contribution in [3.63, 3.8) is 0 Å². The number of carbonyl (C=O) groups is 2. The van der Waals surface area contributed by atoms with Gasteiger partial charge < -0.3 is 14.8 Å². The molecule has 3 heterocycles. The highest BCUT2D eigenvalue weighted by Gasteiger charge is 2.37. The van der Waals surface area contributed by atoms with Crippen molar-refractivity contribution < 1.29 is 19.8 Å². The van der Waals surface area contributed by atoms with Crippen LogP contribution in [0.5, 0.6) is 0 Å². The largest absolute Gasteiger partial charge is 0.480 e. The predicted octanol–water partition coefficient (Wildman–Crippen LogP) is 3.30. The number of benzene rings is 1. The van der Waals surface area contributed by atoms with Crippen molar-refractivity contribution in [3.05, 3.63) is 65.5 Å². The van der Waals surface area contributed by atoms with Crippen molar-refractivity contribution >= 4 is 22.8 Å². The maximum absolute atomic E-state index is 11.6. The molecule has 1 aromatic carbocycles. The minimum absolute atomic E-state index is 0.285. The van der Waals surface area contributed by atoms with Gasteiger partial charge in [-0.15, -0.1) is 0 Å². The summed E-state index contributed by atoms with van der Waals surface area (Å²) in [6, 6.07) is 11.5. The van der Waals surface area contributed by atoms with Gasteiger partial charge in [0.2, 0.25) is 0 Å². The third-order valence-corrected chi connectivity index (χ3v) is 6.72. The molecule has 1 saturated heterocycles. The summed E-state index contributed by atoms with van der Waals surface area (Å²) in [7, 11) is 0. The first-order valence-electron chi connectivity index (χ1n) is 11.0. The molecular weight excluding hydrogens is 406 g/mol. The van der Waals surface area contributed by atoms with E-state index in [1.165, 1.54) is 5.56 Å². The second-order valence-electron chi connectivity index (χ2n) is 8.98. The topological polar surface area (TPSA) is 95.7 Å². The number of likely N-dealkylation sites (tertiary alicyclic amines) is 1. The summed E-state index contributed by atoms with van der Waals surface area (Å²) in [6.45, 7) is 5.21. The lowest BCUT2D eigenvalue weighted by Gasteiger charge is -2.40. The molecule has 1 aliphatic heterocycles. The van der Waals surface area contributed by atoms with E-state index in [2.05, 4.69) is 26.6 Å². The maximum Gasteiger partial charge on any atom is 0.323 e. The van der Waals surface area contributed by atoms with Crippen LogP contribution in [0, 0.1) is 0 Å². The van der Waals surface area contributed by atoms with Gasteiger partial charge in [-0.3, -0.25) is 14.5 Å². The van der Waals surface area contributed by atoms with Gasteiger partial charge in [-0.25, -0.2) is 4.98 Å². The van der Waals surface area contributed by atoms with Crippen LogP contribution in [0.15, 0.2) is 48.8 Å². The molecule has 0 saturated carbocycles. The van der Waals surface area contributed by atoms with E-state index in [1.807, 2.05) is 24.5 Å². The summed E-state index contributed by atoms with van der Waals surface area (Å²) in [5.41, 5.74) is 2.90. The fraction of sp³-hybridized carbons (Fsp3) is 0.400. The molecule has 0 aliphatic carbocycles. The Hall–Kier alpha value is -3.03. The molecule has 0 unspecified atom stereocenters. The van der Waals surface area contributed by atoms with E-state index in [-0.39, 0.29) is 5.78 Å². The van der Waals surface area contributed by atoms with Gasteiger partial charge in [0.25, 0.3) is 0 Å². The first-order chi connectivity index (χ1) is 15.3. The molecule has 1 fully saturated rings. The minimum atomic E-state index is -0.848. The molecule has 0 bridgehead atoms. The number of carboxylic acids is 1. The van der Waals surface area contributed by atoms with Crippen LogP contribution in [0.2, 0.25) is 0 Å². The quantitative estimate of drug-likeness (QED) is 0.553. The Kier molecular flexibility index (Phi) is 6.13. The van der Waals surface area contributed by atoms with Gasteiger partial charge in [0.05, 0.1) is 0 Å². The standard InChI is InChI=1S/C25H29N3O4/c1-25(2,24(31)32)28-13-8-18(9-14-28)20-7-11-26-23-21(20)10-12-27(23)15-17-3-5-19(6-4-17)22(30)16-29/h3-7,10-12,18,29H,8-9,13-16H2,1-2H3,(H,31,32). The Morgan fingerprint density at radius 2 is 1.78 bits per heavy atom. The van der Waals surface area contributed by atoms with E-state index in [4.69, 9.17) is 5.11 Å². The number of ketones is 1. The number of hydrogen-bond acceptors (Lipinski definition) is 5. The zero-order chi connectivity index (χ0) is 22.9. The van der Waals surface area contributed by atoms with Crippen LogP contribution >= 0.6 is 0 Å². The molecule has 2 aromatic heterocycles. The lowest BCUT2D eigenvalue weighted by atomic mass is 9.86. The van der Waals surface area contributed by atoms with Crippen molar-refractivity contribution in [2.45, 2.75) is 44.7 Å². The molecule has 0 spiro atoms. The van der Waals surface area contributed by atoms with Gasteiger partial charge in [-0.1, -0.05) is 24.3 Å². The Balaban J connectivity index is 1.52. The molecule has 7 nitrogen and oxygen atoms in total. The van der Waals surface area contributed by atoms with Crippen LogP contribution in [0.25, 0.3) is 11.0 Å². The number of nitrogens with zero attached hydrogens (tertiary/aromatic N) is 3. The van der Waals surface area contributed by atoms with Crippen LogP contribution in [0.3, 0.4) is 0 Å². The summed E-state index contributed by atoms with van der Waals surface area (Å²) < 4.78 is 2.10. The molecule has 0 amide bonds. The highest BCUT2D eigenvalue weighted by molar-refractivity contribution is 5.96. The van der Waals surface area contributed by atoms with E-state index in [1.54, 1.807) is 26.0 Å². The van der Waals surface area contributed by atoms with Gasteiger partial charge in [0.1, 0.15) is 17.8 Å². The smallest absolute Gasteiger partial charge is 0.323 e. The average molecular weight is 436 g/mol. The second kappa shape index (κ2) is 8.84. The highest BCUT2D eigenvalue weighted by atomic mass is 16.4. The molecule has 4 rings (SSSR count). The molecule has 1 aliphatic rings. The highest BCUT2D eigenvalue weighted by Crippen LogP contribution is 2.35. The van der Waals surface area contributed by atoms with Crippen LogP contribution in [0.4, 0.5) is 0 Å². The van der Waals surface area contributed by atoms with Crippen LogP contribution in [0.1, 0.15) is 54.1 Å². The number of fused-ring (bicyclic) bond motifs is 1. The molecular formula is C25H29N3O4. The maximum atomic E-state index is 11.6. The number of aromatic nitrogens is 2. The van der Waals surface area contributed by atoms with Crippen LogP contribution in [-0.4, -0.2) is 61.7 Å². The van der Waals surface area contributed by atoms with Crippen molar-refractivity contribution in [1.29, 1.82) is 0 Å². The zero-order valence-electron chi connectivity index (χ0n) is 18.5. The van der Waals surface area contributed by atoms with Gasteiger partial charge in [0, 0.05) is 29.9 Å². The Morgan fingerprint density at radius 3 is 2.41 bits per heavy atom. The Bertz CT molecular complexity index is 1130. The summed E-state index contributed by atoms with van der Waals surface area (Å²) in [5.74, 6) is -0.693. The fourth-order valence-corrected chi connectivity index (χ4v) is 4.56. The summed E-state index contributed by atoms with van der Waals surface area (Å²) in [6.07, 6.45) is 5.73. The third kappa shape index (κ3) is 4.18. The third-order valence-electron chi connectivity index (χ3n) is 6.72. The predicted molar refractivity (Wildman–Crippen MR) is 122 cm³/mol. The molecule has 2 N–H and O–H groups in total. The molecule has 0 radical (unpaired) electrons.